The average Bonchev–Trinajstić information content (AvgIpc) is 3.30. The molecular weight excluding hydrogens is 317 g/mol. The number of oxazole rings is 1. The first-order chi connectivity index (χ1) is 11.3. The Labute approximate surface area is 134 Å². The molecule has 3 heterocycles. The van der Waals surface area contributed by atoms with E-state index in [-0.39, 0.29) is 12.4 Å². The zero-order chi connectivity index (χ0) is 15.6. The van der Waals surface area contributed by atoms with E-state index in [9.17, 15) is 4.39 Å². The molecule has 8 heteroatoms. The van der Waals surface area contributed by atoms with Gasteiger partial charge in [0.1, 0.15) is 17.8 Å². The number of thiazole rings is 1. The van der Waals surface area contributed by atoms with Crippen molar-refractivity contribution >= 4 is 11.3 Å². The number of aromatic nitrogens is 5. The third kappa shape index (κ3) is 2.64. The molecule has 0 aliphatic heterocycles. The molecule has 0 saturated carbocycles. The lowest BCUT2D eigenvalue weighted by atomic mass is 10.2. The molecule has 3 aromatic heterocycles. The summed E-state index contributed by atoms with van der Waals surface area (Å²) in [5.74, 6) is 0.700. The summed E-state index contributed by atoms with van der Waals surface area (Å²) in [6.07, 6.45) is 4.49. The molecule has 4 aromatic rings. The van der Waals surface area contributed by atoms with E-state index in [1.54, 1.807) is 29.1 Å². The van der Waals surface area contributed by atoms with Gasteiger partial charge in [-0.15, -0.1) is 16.4 Å². The van der Waals surface area contributed by atoms with Crippen LogP contribution in [0.3, 0.4) is 0 Å². The zero-order valence-electron chi connectivity index (χ0n) is 11.8. The highest BCUT2D eigenvalue weighted by atomic mass is 32.1. The standard InChI is InChI=1S/C15H10FN5OS/c16-11-4-2-1-3-10(11)7-21-14(12-8-22-9-18-12)19-13(20-21)15-17-5-6-23-15/h1-6,8-9H,7H2. The maximum absolute atomic E-state index is 13.9. The molecule has 0 aliphatic rings. The minimum absolute atomic E-state index is 0.243. The van der Waals surface area contributed by atoms with Crippen molar-refractivity contribution in [2.45, 2.75) is 6.54 Å². The predicted molar refractivity (Wildman–Crippen MR) is 82.1 cm³/mol. The molecule has 0 radical (unpaired) electrons. The normalized spacial score (nSPS) is 11.0. The molecule has 0 saturated heterocycles. The molecule has 6 nitrogen and oxygen atoms in total. The molecule has 4 rings (SSSR count). The first kappa shape index (κ1) is 13.8. The molecule has 0 fully saturated rings. The van der Waals surface area contributed by atoms with Gasteiger partial charge in [-0.1, -0.05) is 18.2 Å². The maximum Gasteiger partial charge on any atom is 0.210 e. The molecule has 0 aliphatic carbocycles. The number of benzene rings is 1. The highest BCUT2D eigenvalue weighted by Gasteiger charge is 2.18. The minimum Gasteiger partial charge on any atom is -0.451 e. The van der Waals surface area contributed by atoms with E-state index in [4.69, 9.17) is 4.42 Å². The second kappa shape index (κ2) is 5.73. The van der Waals surface area contributed by atoms with Crippen molar-refractivity contribution in [3.63, 3.8) is 0 Å². The van der Waals surface area contributed by atoms with Crippen molar-refractivity contribution in [2.24, 2.45) is 0 Å². The van der Waals surface area contributed by atoms with Gasteiger partial charge in [-0.2, -0.15) is 0 Å². The van der Waals surface area contributed by atoms with Gasteiger partial charge in [0.25, 0.3) is 0 Å². The fourth-order valence-electron chi connectivity index (χ4n) is 2.18. The fourth-order valence-corrected chi connectivity index (χ4v) is 2.74. The third-order valence-corrected chi connectivity index (χ3v) is 4.00. The van der Waals surface area contributed by atoms with Gasteiger partial charge < -0.3 is 4.42 Å². The number of halogens is 1. The second-order valence-corrected chi connectivity index (χ2v) is 5.61. The van der Waals surface area contributed by atoms with Crippen LogP contribution in [0.15, 0.2) is 52.9 Å². The highest BCUT2D eigenvalue weighted by Crippen LogP contribution is 2.23. The first-order valence-electron chi connectivity index (χ1n) is 6.78. The predicted octanol–water partition coefficient (Wildman–Crippen LogP) is 3.24. The first-order valence-corrected chi connectivity index (χ1v) is 7.66. The van der Waals surface area contributed by atoms with E-state index in [0.29, 0.717) is 27.9 Å². The van der Waals surface area contributed by atoms with Crippen LogP contribution >= 0.6 is 11.3 Å². The van der Waals surface area contributed by atoms with Crippen LogP contribution in [-0.2, 0) is 6.54 Å². The van der Waals surface area contributed by atoms with Crippen molar-refractivity contribution in [1.82, 2.24) is 24.7 Å². The van der Waals surface area contributed by atoms with Gasteiger partial charge in [0.15, 0.2) is 17.2 Å². The van der Waals surface area contributed by atoms with Gasteiger partial charge in [0, 0.05) is 17.1 Å². The molecule has 0 spiro atoms. The topological polar surface area (TPSA) is 69.6 Å². The van der Waals surface area contributed by atoms with Crippen molar-refractivity contribution < 1.29 is 8.81 Å². The number of nitrogens with zero attached hydrogens (tertiary/aromatic N) is 5. The van der Waals surface area contributed by atoms with Crippen LogP contribution in [-0.4, -0.2) is 24.7 Å². The van der Waals surface area contributed by atoms with Gasteiger partial charge >= 0.3 is 0 Å². The quantitative estimate of drug-likeness (QED) is 0.575. The Kier molecular flexibility index (Phi) is 3.43. The summed E-state index contributed by atoms with van der Waals surface area (Å²) in [6.45, 7) is 0.243. The van der Waals surface area contributed by atoms with Crippen LogP contribution in [0.4, 0.5) is 4.39 Å². The highest BCUT2D eigenvalue weighted by molar-refractivity contribution is 7.13. The van der Waals surface area contributed by atoms with Crippen LogP contribution < -0.4 is 0 Å². The summed E-state index contributed by atoms with van der Waals surface area (Å²) in [5, 5.41) is 7.00. The van der Waals surface area contributed by atoms with Gasteiger partial charge in [-0.3, -0.25) is 0 Å². The van der Waals surface area contributed by atoms with E-state index >= 15 is 0 Å². The van der Waals surface area contributed by atoms with Crippen molar-refractivity contribution in [3.05, 3.63) is 59.9 Å². The lowest BCUT2D eigenvalue weighted by Crippen LogP contribution is -2.06. The van der Waals surface area contributed by atoms with Gasteiger partial charge in [-0.05, 0) is 6.07 Å². The molecule has 0 bridgehead atoms. The van der Waals surface area contributed by atoms with Crippen LogP contribution in [0.1, 0.15) is 5.56 Å². The van der Waals surface area contributed by atoms with Crippen molar-refractivity contribution in [1.29, 1.82) is 0 Å². The van der Waals surface area contributed by atoms with Crippen molar-refractivity contribution in [2.75, 3.05) is 0 Å². The van der Waals surface area contributed by atoms with Crippen LogP contribution in [0, 0.1) is 5.82 Å². The number of hydrogen-bond acceptors (Lipinski definition) is 6. The Morgan fingerprint density at radius 1 is 1.22 bits per heavy atom. The Balaban J connectivity index is 1.79. The molecular formula is C15H10FN5OS. The summed E-state index contributed by atoms with van der Waals surface area (Å²) in [7, 11) is 0. The van der Waals surface area contributed by atoms with E-state index in [0.717, 1.165) is 0 Å². The Morgan fingerprint density at radius 3 is 2.87 bits per heavy atom. The van der Waals surface area contributed by atoms with Gasteiger partial charge in [0.2, 0.25) is 5.82 Å². The van der Waals surface area contributed by atoms with Crippen LogP contribution in [0.2, 0.25) is 0 Å². The lowest BCUT2D eigenvalue weighted by Gasteiger charge is -2.05. The molecule has 23 heavy (non-hydrogen) atoms. The fraction of sp³-hybridized carbons (Fsp3) is 0.0667. The monoisotopic (exact) mass is 327 g/mol. The Bertz CT molecular complexity index is 917. The molecule has 0 unspecified atom stereocenters. The summed E-state index contributed by atoms with van der Waals surface area (Å²) in [4.78, 5) is 12.8. The van der Waals surface area contributed by atoms with Crippen LogP contribution in [0.5, 0.6) is 0 Å². The smallest absolute Gasteiger partial charge is 0.210 e. The van der Waals surface area contributed by atoms with Crippen LogP contribution in [0.25, 0.3) is 22.4 Å². The Morgan fingerprint density at radius 2 is 2.13 bits per heavy atom. The van der Waals surface area contributed by atoms with Gasteiger partial charge in [0.05, 0.1) is 6.54 Å². The maximum atomic E-state index is 13.9. The number of rotatable bonds is 4. The minimum atomic E-state index is -0.287. The Hall–Kier alpha value is -2.87. The van der Waals surface area contributed by atoms with E-state index in [2.05, 4.69) is 20.1 Å². The van der Waals surface area contributed by atoms with E-state index in [1.165, 1.54) is 30.1 Å². The molecule has 114 valence electrons. The molecule has 0 atom stereocenters. The zero-order valence-corrected chi connectivity index (χ0v) is 12.6. The number of hydrogen-bond donors (Lipinski definition) is 0. The largest absolute Gasteiger partial charge is 0.451 e. The summed E-state index contributed by atoms with van der Waals surface area (Å²) < 4.78 is 20.5. The molecule has 0 N–H and O–H groups in total. The molecule has 1 aromatic carbocycles. The average molecular weight is 327 g/mol. The lowest BCUT2D eigenvalue weighted by molar-refractivity contribution is 0.557. The molecule has 0 amide bonds. The second-order valence-electron chi connectivity index (χ2n) is 4.72. The van der Waals surface area contributed by atoms with E-state index in [1.807, 2.05) is 5.38 Å². The van der Waals surface area contributed by atoms with E-state index < -0.39 is 0 Å². The summed E-state index contributed by atoms with van der Waals surface area (Å²) >= 11 is 1.44. The summed E-state index contributed by atoms with van der Waals surface area (Å²) in [6, 6.07) is 6.57. The third-order valence-electron chi connectivity index (χ3n) is 3.23. The van der Waals surface area contributed by atoms with Crippen molar-refractivity contribution in [3.8, 4) is 22.4 Å². The van der Waals surface area contributed by atoms with Gasteiger partial charge in [-0.25, -0.2) is 24.0 Å². The summed E-state index contributed by atoms with van der Waals surface area (Å²) in [5.41, 5.74) is 1.06. The SMILES string of the molecule is Fc1ccccc1Cn1nc(-c2nccs2)nc1-c1cocn1.